The molecule has 27 heavy (non-hydrogen) atoms. The number of aromatic nitrogens is 1. The van der Waals surface area contributed by atoms with Gasteiger partial charge in [-0.05, 0) is 23.8 Å². The Hall–Kier alpha value is -3.53. The molecule has 7 heteroatoms. The van der Waals surface area contributed by atoms with Crippen LogP contribution >= 0.6 is 0 Å². The molecule has 1 aromatic heterocycles. The number of nitrogens with zero attached hydrogens (tertiary/aromatic N) is 2. The highest BCUT2D eigenvalue weighted by molar-refractivity contribution is 5.87. The summed E-state index contributed by atoms with van der Waals surface area (Å²) in [5.41, 5.74) is 7.07. The first-order chi connectivity index (χ1) is 12.9. The van der Waals surface area contributed by atoms with Crippen LogP contribution in [-0.4, -0.2) is 4.98 Å². The van der Waals surface area contributed by atoms with Gasteiger partial charge in [0.2, 0.25) is 5.88 Å². The van der Waals surface area contributed by atoms with Gasteiger partial charge in [0, 0.05) is 17.1 Å². The number of alkyl halides is 3. The van der Waals surface area contributed by atoms with Gasteiger partial charge in [-0.2, -0.15) is 18.4 Å². The van der Waals surface area contributed by atoms with Gasteiger partial charge in [0.1, 0.15) is 17.2 Å². The molecular weight excluding hydrogens is 355 g/mol. The summed E-state index contributed by atoms with van der Waals surface area (Å²) >= 11 is 0. The van der Waals surface area contributed by atoms with Crippen LogP contribution in [0.5, 0.6) is 5.75 Å². The van der Waals surface area contributed by atoms with E-state index < -0.39 is 17.7 Å². The van der Waals surface area contributed by atoms with Gasteiger partial charge in [0.25, 0.3) is 0 Å². The number of hydrogen-bond acceptors (Lipinski definition) is 4. The van der Waals surface area contributed by atoms with Crippen molar-refractivity contribution in [2.24, 2.45) is 5.73 Å². The minimum absolute atomic E-state index is 0.0759. The molecule has 2 N–H and O–H groups in total. The molecule has 0 aliphatic carbocycles. The SMILES string of the molecule is N#CC1=C(N)Oc2c(ccc3cccnc23)[C@@H]1c1ccc(C(F)(F)F)cc1. The Morgan fingerprint density at radius 2 is 1.81 bits per heavy atom. The van der Waals surface area contributed by atoms with Crippen LogP contribution in [0.3, 0.4) is 0 Å². The molecule has 0 saturated heterocycles. The molecule has 0 fully saturated rings. The zero-order valence-corrected chi connectivity index (χ0v) is 13.8. The van der Waals surface area contributed by atoms with Crippen molar-refractivity contribution in [2.75, 3.05) is 0 Å². The summed E-state index contributed by atoms with van der Waals surface area (Å²) in [6.45, 7) is 0. The maximum atomic E-state index is 12.9. The monoisotopic (exact) mass is 367 g/mol. The first-order valence-corrected chi connectivity index (χ1v) is 8.02. The van der Waals surface area contributed by atoms with Gasteiger partial charge in [-0.3, -0.25) is 4.98 Å². The van der Waals surface area contributed by atoms with E-state index in [9.17, 15) is 18.4 Å². The Bertz CT molecular complexity index is 1110. The van der Waals surface area contributed by atoms with Crippen LogP contribution in [0.1, 0.15) is 22.6 Å². The van der Waals surface area contributed by atoms with Crippen LogP contribution in [-0.2, 0) is 6.18 Å². The normalized spacial score (nSPS) is 16.6. The number of allylic oxidation sites excluding steroid dienone is 1. The van der Waals surface area contributed by atoms with Gasteiger partial charge < -0.3 is 10.5 Å². The fourth-order valence-corrected chi connectivity index (χ4v) is 3.26. The second-order valence-corrected chi connectivity index (χ2v) is 6.10. The topological polar surface area (TPSA) is 71.9 Å². The Labute approximate surface area is 152 Å². The van der Waals surface area contributed by atoms with Crippen molar-refractivity contribution >= 4 is 10.9 Å². The zero-order valence-electron chi connectivity index (χ0n) is 13.8. The number of benzene rings is 2. The molecule has 134 valence electrons. The van der Waals surface area contributed by atoms with E-state index in [0.29, 0.717) is 22.4 Å². The Kier molecular flexibility index (Phi) is 3.77. The van der Waals surface area contributed by atoms with Crippen molar-refractivity contribution in [1.82, 2.24) is 4.98 Å². The van der Waals surface area contributed by atoms with E-state index >= 15 is 0 Å². The fourth-order valence-electron chi connectivity index (χ4n) is 3.26. The number of halogens is 3. The Morgan fingerprint density at radius 1 is 1.07 bits per heavy atom. The van der Waals surface area contributed by atoms with E-state index in [-0.39, 0.29) is 11.5 Å². The summed E-state index contributed by atoms with van der Waals surface area (Å²) in [4.78, 5) is 4.32. The minimum atomic E-state index is -4.43. The number of ether oxygens (including phenoxy) is 1. The lowest BCUT2D eigenvalue weighted by Gasteiger charge is -2.27. The van der Waals surface area contributed by atoms with Gasteiger partial charge in [-0.25, -0.2) is 0 Å². The van der Waals surface area contributed by atoms with Crippen LogP contribution in [0, 0.1) is 11.3 Å². The molecule has 1 atom stereocenters. The van der Waals surface area contributed by atoms with Crippen LogP contribution in [0.25, 0.3) is 10.9 Å². The van der Waals surface area contributed by atoms with Gasteiger partial charge in [-0.15, -0.1) is 0 Å². The first-order valence-electron chi connectivity index (χ1n) is 8.02. The highest BCUT2D eigenvalue weighted by atomic mass is 19.4. The Balaban J connectivity index is 1.92. The summed E-state index contributed by atoms with van der Waals surface area (Å²) in [6.07, 6.45) is -2.82. The molecular formula is C20H12F3N3O. The number of rotatable bonds is 1. The van der Waals surface area contributed by atoms with E-state index in [1.54, 1.807) is 18.3 Å². The van der Waals surface area contributed by atoms with Gasteiger partial charge in [0.15, 0.2) is 5.75 Å². The van der Waals surface area contributed by atoms with Crippen molar-refractivity contribution in [1.29, 1.82) is 5.26 Å². The molecule has 2 heterocycles. The lowest BCUT2D eigenvalue weighted by molar-refractivity contribution is -0.137. The van der Waals surface area contributed by atoms with E-state index in [0.717, 1.165) is 17.5 Å². The highest BCUT2D eigenvalue weighted by Gasteiger charge is 2.34. The van der Waals surface area contributed by atoms with Crippen LogP contribution < -0.4 is 10.5 Å². The number of hydrogen-bond donors (Lipinski definition) is 1. The van der Waals surface area contributed by atoms with Gasteiger partial charge >= 0.3 is 6.18 Å². The van der Waals surface area contributed by atoms with Crippen LogP contribution in [0.15, 0.2) is 66.2 Å². The maximum Gasteiger partial charge on any atom is 0.416 e. The second-order valence-electron chi connectivity index (χ2n) is 6.10. The predicted octanol–water partition coefficient (Wildman–Crippen LogP) is 4.47. The van der Waals surface area contributed by atoms with Crippen molar-refractivity contribution in [3.63, 3.8) is 0 Å². The second kappa shape index (κ2) is 6.02. The third-order valence-electron chi connectivity index (χ3n) is 4.53. The molecule has 0 amide bonds. The summed E-state index contributed by atoms with van der Waals surface area (Å²) < 4.78 is 44.3. The maximum absolute atomic E-state index is 12.9. The first kappa shape index (κ1) is 16.9. The minimum Gasteiger partial charge on any atom is -0.438 e. The van der Waals surface area contributed by atoms with Gasteiger partial charge in [-0.1, -0.05) is 30.3 Å². The molecule has 1 aliphatic heterocycles. The summed E-state index contributed by atoms with van der Waals surface area (Å²) in [6, 6.07) is 14.0. The molecule has 0 unspecified atom stereocenters. The Morgan fingerprint density at radius 3 is 2.48 bits per heavy atom. The lowest BCUT2D eigenvalue weighted by Crippen LogP contribution is -2.21. The summed E-state index contributed by atoms with van der Waals surface area (Å²) in [5.74, 6) is -0.296. The molecule has 0 saturated carbocycles. The average Bonchev–Trinajstić information content (AvgIpc) is 2.66. The lowest BCUT2D eigenvalue weighted by atomic mass is 9.83. The number of fused-ring (bicyclic) bond motifs is 3. The van der Waals surface area contributed by atoms with Crippen molar-refractivity contribution in [3.8, 4) is 11.8 Å². The molecule has 4 rings (SSSR count). The molecule has 0 spiro atoms. The molecule has 2 aromatic carbocycles. The molecule has 3 aromatic rings. The van der Waals surface area contributed by atoms with E-state index in [4.69, 9.17) is 10.5 Å². The molecule has 4 nitrogen and oxygen atoms in total. The standard InChI is InChI=1S/C20H12F3N3O/c21-20(22,23)13-6-3-11(4-7-13)16-14-8-5-12-2-1-9-26-17(12)18(14)27-19(25)15(16)10-24/h1-9,16H,25H2/t16-/m0/s1. The van der Waals surface area contributed by atoms with Crippen LogP contribution in [0.4, 0.5) is 13.2 Å². The smallest absolute Gasteiger partial charge is 0.416 e. The van der Waals surface area contributed by atoms with Crippen molar-refractivity contribution in [3.05, 3.63) is 82.9 Å². The van der Waals surface area contributed by atoms with E-state index in [1.807, 2.05) is 18.2 Å². The summed E-state index contributed by atoms with van der Waals surface area (Å²) in [5, 5.41) is 10.4. The highest BCUT2D eigenvalue weighted by Crippen LogP contribution is 2.45. The number of pyridine rings is 1. The van der Waals surface area contributed by atoms with Crippen LogP contribution in [0.2, 0.25) is 0 Å². The zero-order chi connectivity index (χ0) is 19.2. The summed E-state index contributed by atoms with van der Waals surface area (Å²) in [7, 11) is 0. The quantitative estimate of drug-likeness (QED) is 0.689. The molecule has 0 radical (unpaired) electrons. The fraction of sp³-hybridized carbons (Fsp3) is 0.100. The van der Waals surface area contributed by atoms with E-state index in [1.165, 1.54) is 12.1 Å². The third-order valence-corrected chi connectivity index (χ3v) is 4.53. The van der Waals surface area contributed by atoms with Crippen molar-refractivity contribution < 1.29 is 17.9 Å². The van der Waals surface area contributed by atoms with E-state index in [2.05, 4.69) is 4.98 Å². The molecule has 1 aliphatic rings. The number of nitriles is 1. The number of nitrogens with two attached hydrogens (primary N) is 1. The third kappa shape index (κ3) is 2.75. The predicted molar refractivity (Wildman–Crippen MR) is 92.5 cm³/mol. The largest absolute Gasteiger partial charge is 0.438 e. The van der Waals surface area contributed by atoms with Crippen molar-refractivity contribution in [2.45, 2.75) is 12.1 Å². The average molecular weight is 367 g/mol. The van der Waals surface area contributed by atoms with Gasteiger partial charge in [0.05, 0.1) is 11.5 Å². The molecule has 0 bridgehead atoms.